The summed E-state index contributed by atoms with van der Waals surface area (Å²) in [6.07, 6.45) is 2.65. The van der Waals surface area contributed by atoms with Crippen molar-refractivity contribution in [3.8, 4) is 0 Å². The second-order valence-corrected chi connectivity index (χ2v) is 5.65. The molecule has 0 saturated heterocycles. The Morgan fingerprint density at radius 1 is 1.33 bits per heavy atom. The van der Waals surface area contributed by atoms with E-state index in [4.69, 9.17) is 9.40 Å². The molecular weight excluding hydrogens is 262 g/mol. The topological polar surface area (TPSA) is 41.3 Å². The van der Waals surface area contributed by atoms with Gasteiger partial charge in [-0.15, -0.1) is 0 Å². The number of nitrogens with one attached hydrogen (secondary N) is 1. The molecule has 0 bridgehead atoms. The quantitative estimate of drug-likeness (QED) is 0.847. The molecule has 0 fully saturated rings. The van der Waals surface area contributed by atoms with Crippen molar-refractivity contribution < 1.29 is 4.42 Å². The van der Waals surface area contributed by atoms with Crippen molar-refractivity contribution in [3.05, 3.63) is 47.5 Å². The number of nitrogens with zero attached hydrogens (tertiary/aromatic N) is 2. The lowest BCUT2D eigenvalue weighted by molar-refractivity contribution is 0.506. The SMILES string of the molecule is CCc1cc(CNC(C)C)cc(N(C)Cc2ccco2)n1. The number of furan rings is 1. The summed E-state index contributed by atoms with van der Waals surface area (Å²) in [6, 6.07) is 8.71. The Kier molecular flexibility index (Phi) is 5.39. The first-order chi connectivity index (χ1) is 10.1. The summed E-state index contributed by atoms with van der Waals surface area (Å²) in [5, 5.41) is 3.46. The van der Waals surface area contributed by atoms with Crippen molar-refractivity contribution in [2.45, 2.75) is 46.3 Å². The molecule has 0 spiro atoms. The second kappa shape index (κ2) is 7.27. The number of rotatable bonds is 7. The minimum atomic E-state index is 0.479. The van der Waals surface area contributed by atoms with E-state index in [2.05, 4.69) is 43.1 Å². The van der Waals surface area contributed by atoms with E-state index in [9.17, 15) is 0 Å². The van der Waals surface area contributed by atoms with E-state index in [1.807, 2.05) is 19.2 Å². The average Bonchev–Trinajstić information content (AvgIpc) is 2.97. The molecule has 4 nitrogen and oxygen atoms in total. The van der Waals surface area contributed by atoms with Gasteiger partial charge in [0.05, 0.1) is 12.8 Å². The summed E-state index contributed by atoms with van der Waals surface area (Å²) in [7, 11) is 2.05. The van der Waals surface area contributed by atoms with Crippen molar-refractivity contribution in [1.82, 2.24) is 10.3 Å². The number of aryl methyl sites for hydroxylation is 1. The Balaban J connectivity index is 2.15. The van der Waals surface area contributed by atoms with Crippen molar-refractivity contribution in [2.24, 2.45) is 0 Å². The normalized spacial score (nSPS) is 11.1. The Morgan fingerprint density at radius 3 is 2.76 bits per heavy atom. The standard InChI is InChI=1S/C17H25N3O/c1-5-15-9-14(11-18-13(2)3)10-17(19-15)20(4)12-16-7-6-8-21-16/h6-10,13,18H,5,11-12H2,1-4H3. The van der Waals surface area contributed by atoms with Crippen LogP contribution < -0.4 is 10.2 Å². The predicted octanol–water partition coefficient (Wildman–Crippen LogP) is 3.37. The number of anilines is 1. The molecular formula is C17H25N3O. The van der Waals surface area contributed by atoms with E-state index in [1.165, 1.54) is 5.56 Å². The average molecular weight is 287 g/mol. The van der Waals surface area contributed by atoms with Crippen LogP contribution in [0.4, 0.5) is 5.82 Å². The molecule has 0 unspecified atom stereocenters. The minimum absolute atomic E-state index is 0.479. The molecule has 2 aromatic rings. The zero-order chi connectivity index (χ0) is 15.2. The van der Waals surface area contributed by atoms with Gasteiger partial charge in [0.15, 0.2) is 0 Å². The van der Waals surface area contributed by atoms with E-state index in [0.717, 1.165) is 36.8 Å². The van der Waals surface area contributed by atoms with E-state index >= 15 is 0 Å². The third kappa shape index (κ3) is 4.60. The molecule has 0 aliphatic carbocycles. The van der Waals surface area contributed by atoms with Crippen LogP contribution >= 0.6 is 0 Å². The number of hydrogen-bond acceptors (Lipinski definition) is 4. The van der Waals surface area contributed by atoms with Gasteiger partial charge in [0, 0.05) is 25.3 Å². The van der Waals surface area contributed by atoms with E-state index in [1.54, 1.807) is 6.26 Å². The van der Waals surface area contributed by atoms with Gasteiger partial charge in [0.1, 0.15) is 11.6 Å². The number of pyridine rings is 1. The van der Waals surface area contributed by atoms with Crippen LogP contribution in [-0.2, 0) is 19.5 Å². The van der Waals surface area contributed by atoms with Crippen LogP contribution in [0.5, 0.6) is 0 Å². The molecule has 0 aliphatic rings. The van der Waals surface area contributed by atoms with E-state index < -0.39 is 0 Å². The molecule has 0 saturated carbocycles. The largest absolute Gasteiger partial charge is 0.467 e. The van der Waals surface area contributed by atoms with Gasteiger partial charge >= 0.3 is 0 Å². The zero-order valence-corrected chi connectivity index (χ0v) is 13.4. The summed E-state index contributed by atoms with van der Waals surface area (Å²) < 4.78 is 5.41. The molecule has 2 heterocycles. The maximum absolute atomic E-state index is 5.41. The zero-order valence-electron chi connectivity index (χ0n) is 13.4. The fraction of sp³-hybridized carbons (Fsp3) is 0.471. The predicted molar refractivity (Wildman–Crippen MR) is 86.4 cm³/mol. The van der Waals surface area contributed by atoms with Crippen molar-refractivity contribution in [2.75, 3.05) is 11.9 Å². The van der Waals surface area contributed by atoms with Crippen molar-refractivity contribution in [1.29, 1.82) is 0 Å². The Bertz CT molecular complexity index is 549. The highest BCUT2D eigenvalue weighted by molar-refractivity contribution is 5.42. The lowest BCUT2D eigenvalue weighted by Gasteiger charge is -2.19. The van der Waals surface area contributed by atoms with Crippen LogP contribution in [0.2, 0.25) is 0 Å². The summed E-state index contributed by atoms with van der Waals surface area (Å²) in [5.41, 5.74) is 2.40. The first-order valence-electron chi connectivity index (χ1n) is 7.55. The Labute approximate surface area is 127 Å². The van der Waals surface area contributed by atoms with Crippen LogP contribution in [0.1, 0.15) is 37.8 Å². The number of hydrogen-bond donors (Lipinski definition) is 1. The van der Waals surface area contributed by atoms with Gasteiger partial charge in [-0.25, -0.2) is 4.98 Å². The molecule has 0 aromatic carbocycles. The fourth-order valence-corrected chi connectivity index (χ4v) is 2.15. The van der Waals surface area contributed by atoms with Gasteiger partial charge in [0.25, 0.3) is 0 Å². The first kappa shape index (κ1) is 15.6. The van der Waals surface area contributed by atoms with Crippen LogP contribution in [0, 0.1) is 0 Å². The summed E-state index contributed by atoms with van der Waals surface area (Å²) in [5.74, 6) is 1.94. The van der Waals surface area contributed by atoms with E-state index in [-0.39, 0.29) is 0 Å². The maximum Gasteiger partial charge on any atom is 0.129 e. The molecule has 1 N–H and O–H groups in total. The highest BCUT2D eigenvalue weighted by Crippen LogP contribution is 2.17. The summed E-state index contributed by atoms with van der Waals surface area (Å²) in [6.45, 7) is 8.05. The third-order valence-electron chi connectivity index (χ3n) is 3.37. The Morgan fingerprint density at radius 2 is 2.14 bits per heavy atom. The monoisotopic (exact) mass is 287 g/mol. The summed E-state index contributed by atoms with van der Waals surface area (Å²) >= 11 is 0. The molecule has 0 aliphatic heterocycles. The lowest BCUT2D eigenvalue weighted by atomic mass is 10.1. The van der Waals surface area contributed by atoms with Crippen LogP contribution in [0.3, 0.4) is 0 Å². The molecule has 2 rings (SSSR count). The van der Waals surface area contributed by atoms with Gasteiger partial charge in [-0.2, -0.15) is 0 Å². The molecule has 21 heavy (non-hydrogen) atoms. The van der Waals surface area contributed by atoms with Gasteiger partial charge in [-0.3, -0.25) is 0 Å². The smallest absolute Gasteiger partial charge is 0.129 e. The van der Waals surface area contributed by atoms with Gasteiger partial charge in [0.2, 0.25) is 0 Å². The highest BCUT2D eigenvalue weighted by atomic mass is 16.3. The second-order valence-electron chi connectivity index (χ2n) is 5.65. The van der Waals surface area contributed by atoms with Crippen molar-refractivity contribution >= 4 is 5.82 Å². The van der Waals surface area contributed by atoms with Gasteiger partial charge in [-0.05, 0) is 36.2 Å². The maximum atomic E-state index is 5.41. The Hall–Kier alpha value is -1.81. The lowest BCUT2D eigenvalue weighted by Crippen LogP contribution is -2.23. The third-order valence-corrected chi connectivity index (χ3v) is 3.37. The van der Waals surface area contributed by atoms with Gasteiger partial charge < -0.3 is 14.6 Å². The molecule has 0 amide bonds. The summed E-state index contributed by atoms with van der Waals surface area (Å²) in [4.78, 5) is 6.84. The van der Waals surface area contributed by atoms with Crippen LogP contribution in [0.25, 0.3) is 0 Å². The van der Waals surface area contributed by atoms with Crippen molar-refractivity contribution in [3.63, 3.8) is 0 Å². The minimum Gasteiger partial charge on any atom is -0.467 e. The molecule has 114 valence electrons. The molecule has 0 atom stereocenters. The van der Waals surface area contributed by atoms with Gasteiger partial charge in [-0.1, -0.05) is 20.8 Å². The molecule has 4 heteroatoms. The van der Waals surface area contributed by atoms with Crippen LogP contribution in [-0.4, -0.2) is 18.1 Å². The fourth-order valence-electron chi connectivity index (χ4n) is 2.15. The van der Waals surface area contributed by atoms with E-state index in [0.29, 0.717) is 6.04 Å². The van der Waals surface area contributed by atoms with Crippen LogP contribution in [0.15, 0.2) is 34.9 Å². The molecule has 2 aromatic heterocycles. The first-order valence-corrected chi connectivity index (χ1v) is 7.55. The highest BCUT2D eigenvalue weighted by Gasteiger charge is 2.09. The number of aromatic nitrogens is 1. The molecule has 0 radical (unpaired) electrons.